The van der Waals surface area contributed by atoms with Crippen LogP contribution in [0.15, 0.2) is 36.8 Å². The minimum atomic E-state index is 0.771. The van der Waals surface area contributed by atoms with Crippen LogP contribution >= 0.6 is 11.3 Å². The second-order valence-electron chi connectivity index (χ2n) is 5.74. The molecular weight excluding hydrogens is 368 g/mol. The number of nitrogens with zero attached hydrogens (tertiary/aromatic N) is 5. The van der Waals surface area contributed by atoms with Crippen LogP contribution in [0.1, 0.15) is 46.4 Å². The van der Waals surface area contributed by atoms with Crippen molar-refractivity contribution >= 4 is 28.1 Å². The monoisotopic (exact) mass is 398 g/mol. The average molecular weight is 399 g/mol. The fraction of sp³-hybridized carbons (Fsp3) is 0.429. The van der Waals surface area contributed by atoms with Crippen LogP contribution in [0.25, 0.3) is 10.4 Å². The van der Waals surface area contributed by atoms with E-state index in [9.17, 15) is 0 Å². The van der Waals surface area contributed by atoms with Gasteiger partial charge in [0.1, 0.15) is 17.5 Å². The fourth-order valence-corrected chi connectivity index (χ4v) is 3.64. The summed E-state index contributed by atoms with van der Waals surface area (Å²) in [7, 11) is 0. The van der Waals surface area contributed by atoms with Gasteiger partial charge in [-0.05, 0) is 37.5 Å². The van der Waals surface area contributed by atoms with Crippen molar-refractivity contribution in [2.24, 2.45) is 0 Å². The first-order chi connectivity index (χ1) is 13.8. The molecule has 7 heteroatoms. The summed E-state index contributed by atoms with van der Waals surface area (Å²) in [5.74, 6) is 2.56. The third-order valence-electron chi connectivity index (χ3n) is 3.96. The Balaban J connectivity index is 0.000000660. The second kappa shape index (κ2) is 11.3. The highest BCUT2D eigenvalue weighted by atomic mass is 32.1. The summed E-state index contributed by atoms with van der Waals surface area (Å²) in [6, 6.07) is 5.97. The topological polar surface area (TPSA) is 66.8 Å². The largest absolute Gasteiger partial charge is 0.356 e. The normalized spacial score (nSPS) is 12.5. The zero-order chi connectivity index (χ0) is 20.4. The van der Waals surface area contributed by atoms with Gasteiger partial charge < -0.3 is 10.2 Å². The molecule has 0 aromatic carbocycles. The van der Waals surface area contributed by atoms with Crippen LogP contribution < -0.4 is 10.2 Å². The van der Waals surface area contributed by atoms with E-state index in [0.717, 1.165) is 46.1 Å². The molecule has 6 nitrogen and oxygen atoms in total. The van der Waals surface area contributed by atoms with Crippen molar-refractivity contribution in [3.8, 4) is 10.4 Å². The van der Waals surface area contributed by atoms with Crippen molar-refractivity contribution in [2.75, 3.05) is 23.3 Å². The van der Waals surface area contributed by atoms with Gasteiger partial charge in [-0.25, -0.2) is 15.0 Å². The molecule has 4 rings (SSSR count). The molecule has 1 N–H and O–H groups in total. The van der Waals surface area contributed by atoms with E-state index in [-0.39, 0.29) is 0 Å². The number of thiazole rings is 1. The van der Waals surface area contributed by atoms with Gasteiger partial charge in [-0.15, -0.1) is 0 Å². The Kier molecular flexibility index (Phi) is 8.81. The quantitative estimate of drug-likeness (QED) is 0.608. The Morgan fingerprint density at radius 1 is 1.00 bits per heavy atom. The summed E-state index contributed by atoms with van der Waals surface area (Å²) in [5, 5.41) is 4.14. The zero-order valence-electron chi connectivity index (χ0n) is 17.4. The lowest BCUT2D eigenvalue weighted by molar-refractivity contribution is 0.911. The Bertz CT molecular complexity index is 828. The lowest BCUT2D eigenvalue weighted by Crippen LogP contribution is -2.19. The van der Waals surface area contributed by atoms with E-state index in [1.165, 1.54) is 12.8 Å². The molecule has 150 valence electrons. The predicted octanol–water partition coefficient (Wildman–Crippen LogP) is 5.70. The molecule has 0 aliphatic carbocycles. The average Bonchev–Trinajstić information content (AvgIpc) is 3.44. The fourth-order valence-electron chi connectivity index (χ4n) is 2.82. The van der Waals surface area contributed by atoms with Crippen LogP contribution in [0, 0.1) is 6.92 Å². The summed E-state index contributed by atoms with van der Waals surface area (Å²) in [5.41, 5.74) is 1.12. The molecule has 1 saturated heterocycles. The molecule has 0 radical (unpaired) electrons. The van der Waals surface area contributed by atoms with E-state index in [4.69, 9.17) is 0 Å². The van der Waals surface area contributed by atoms with E-state index in [0.29, 0.717) is 0 Å². The highest BCUT2D eigenvalue weighted by molar-refractivity contribution is 7.18. The van der Waals surface area contributed by atoms with E-state index < -0.39 is 0 Å². The number of aromatic nitrogens is 4. The van der Waals surface area contributed by atoms with Crippen LogP contribution in [0.2, 0.25) is 0 Å². The van der Waals surface area contributed by atoms with Gasteiger partial charge in [-0.2, -0.15) is 0 Å². The minimum absolute atomic E-state index is 0.771. The maximum atomic E-state index is 4.56. The van der Waals surface area contributed by atoms with Crippen molar-refractivity contribution in [1.29, 1.82) is 0 Å². The molecule has 0 spiro atoms. The maximum Gasteiger partial charge on any atom is 0.188 e. The third-order valence-corrected chi connectivity index (χ3v) is 4.92. The van der Waals surface area contributed by atoms with Crippen molar-refractivity contribution in [3.63, 3.8) is 0 Å². The molecule has 28 heavy (non-hydrogen) atoms. The molecule has 0 saturated carbocycles. The Morgan fingerprint density at radius 3 is 2.36 bits per heavy atom. The SMILES string of the molecule is CC.CC.Cc1nc(Nc2ncc(-c3ccncc3)s2)cc(N2CCCC2)n1. The number of rotatable bonds is 4. The maximum absolute atomic E-state index is 4.56. The van der Waals surface area contributed by atoms with Crippen LogP contribution in [-0.4, -0.2) is 33.0 Å². The van der Waals surface area contributed by atoms with Crippen LogP contribution in [0.3, 0.4) is 0 Å². The highest BCUT2D eigenvalue weighted by Gasteiger charge is 2.15. The van der Waals surface area contributed by atoms with Gasteiger partial charge in [0.2, 0.25) is 0 Å². The lowest BCUT2D eigenvalue weighted by Gasteiger charge is -2.17. The molecule has 0 bridgehead atoms. The molecule has 0 unspecified atom stereocenters. The van der Waals surface area contributed by atoms with Crippen LogP contribution in [0.5, 0.6) is 0 Å². The molecule has 0 amide bonds. The third kappa shape index (κ3) is 5.73. The molecule has 1 fully saturated rings. The number of pyridine rings is 1. The first-order valence-corrected chi connectivity index (χ1v) is 10.8. The first kappa shape index (κ1) is 21.8. The molecular formula is C21H30N6S. The lowest BCUT2D eigenvalue weighted by atomic mass is 10.2. The van der Waals surface area contributed by atoms with E-state index in [2.05, 4.69) is 30.2 Å². The smallest absolute Gasteiger partial charge is 0.188 e. The summed E-state index contributed by atoms with van der Waals surface area (Å²) in [6.45, 7) is 12.1. The van der Waals surface area contributed by atoms with Crippen LogP contribution in [-0.2, 0) is 0 Å². The summed E-state index contributed by atoms with van der Waals surface area (Å²) in [4.78, 5) is 21.0. The van der Waals surface area contributed by atoms with E-state index in [1.54, 1.807) is 23.7 Å². The van der Waals surface area contributed by atoms with Crippen molar-refractivity contribution < 1.29 is 0 Å². The molecule has 3 aromatic rings. The zero-order valence-corrected chi connectivity index (χ0v) is 18.3. The van der Waals surface area contributed by atoms with Gasteiger partial charge in [0.15, 0.2) is 5.13 Å². The summed E-state index contributed by atoms with van der Waals surface area (Å²) < 4.78 is 0. The summed E-state index contributed by atoms with van der Waals surface area (Å²) >= 11 is 1.60. The molecule has 3 aromatic heterocycles. The second-order valence-corrected chi connectivity index (χ2v) is 6.77. The van der Waals surface area contributed by atoms with Gasteiger partial charge >= 0.3 is 0 Å². The predicted molar refractivity (Wildman–Crippen MR) is 120 cm³/mol. The first-order valence-electron chi connectivity index (χ1n) is 10.0. The van der Waals surface area contributed by atoms with Gasteiger partial charge in [0.05, 0.1) is 4.88 Å². The van der Waals surface area contributed by atoms with E-state index in [1.807, 2.05) is 59.0 Å². The van der Waals surface area contributed by atoms with E-state index >= 15 is 0 Å². The number of hydrogen-bond acceptors (Lipinski definition) is 7. The standard InChI is InChI=1S/C17H18N6S.2C2H6/c1-12-20-15(10-16(21-12)23-8-2-3-9-23)22-17-19-11-14(24-17)13-4-6-18-7-5-13;2*1-2/h4-7,10-11H,2-3,8-9H2,1H3,(H,19,20,21,22);2*1-2H3. The highest BCUT2D eigenvalue weighted by Crippen LogP contribution is 2.30. The van der Waals surface area contributed by atoms with Gasteiger partial charge in [0, 0.05) is 37.7 Å². The number of nitrogens with one attached hydrogen (secondary N) is 1. The molecule has 1 aliphatic heterocycles. The van der Waals surface area contributed by atoms with Gasteiger partial charge in [0.25, 0.3) is 0 Å². The van der Waals surface area contributed by atoms with Gasteiger partial charge in [-0.3, -0.25) is 4.98 Å². The summed E-state index contributed by atoms with van der Waals surface area (Å²) in [6.07, 6.45) is 7.91. The Labute approximate surface area is 172 Å². The molecule has 0 atom stereocenters. The molecule has 4 heterocycles. The Morgan fingerprint density at radius 2 is 1.68 bits per heavy atom. The van der Waals surface area contributed by atoms with Crippen molar-refractivity contribution in [2.45, 2.75) is 47.5 Å². The molecule has 1 aliphatic rings. The number of hydrogen-bond donors (Lipinski definition) is 1. The van der Waals surface area contributed by atoms with Gasteiger partial charge in [-0.1, -0.05) is 39.0 Å². The number of anilines is 3. The Hall–Kier alpha value is -2.54. The van der Waals surface area contributed by atoms with Crippen LogP contribution in [0.4, 0.5) is 16.8 Å². The minimum Gasteiger partial charge on any atom is -0.356 e. The number of aryl methyl sites for hydroxylation is 1. The van der Waals surface area contributed by atoms with Crippen molar-refractivity contribution in [3.05, 3.63) is 42.6 Å². The van der Waals surface area contributed by atoms with Crippen molar-refractivity contribution in [1.82, 2.24) is 19.9 Å².